The maximum atomic E-state index is 2.72. The zero-order valence-corrected chi connectivity index (χ0v) is 14.0. The SMILES string of the molecule is CC.CC1CCN(CC2CCN(C(C)C)CC2)CC1. The summed E-state index contributed by atoms with van der Waals surface area (Å²) in [5.41, 5.74) is 0. The Balaban J connectivity index is 0.000000861. The molecule has 2 heterocycles. The summed E-state index contributed by atoms with van der Waals surface area (Å²) in [4.78, 5) is 5.35. The van der Waals surface area contributed by atoms with Crippen LogP contribution in [-0.4, -0.2) is 48.6 Å². The Labute approximate surface area is 121 Å². The minimum atomic E-state index is 0.742. The van der Waals surface area contributed by atoms with E-state index in [1.807, 2.05) is 13.8 Å². The van der Waals surface area contributed by atoms with E-state index < -0.39 is 0 Å². The second kappa shape index (κ2) is 8.97. The summed E-state index contributed by atoms with van der Waals surface area (Å²) in [6.07, 6.45) is 5.68. The van der Waals surface area contributed by atoms with Crippen LogP contribution in [0.15, 0.2) is 0 Å². The van der Waals surface area contributed by atoms with Crippen LogP contribution in [0, 0.1) is 11.8 Å². The Morgan fingerprint density at radius 2 is 1.42 bits per heavy atom. The van der Waals surface area contributed by atoms with Gasteiger partial charge in [0.05, 0.1) is 0 Å². The minimum Gasteiger partial charge on any atom is -0.303 e. The van der Waals surface area contributed by atoms with Crippen molar-refractivity contribution in [3.05, 3.63) is 0 Å². The maximum Gasteiger partial charge on any atom is 0.00385 e. The predicted molar refractivity (Wildman–Crippen MR) is 85.6 cm³/mol. The van der Waals surface area contributed by atoms with Gasteiger partial charge in [0.2, 0.25) is 0 Å². The van der Waals surface area contributed by atoms with Crippen LogP contribution in [0.4, 0.5) is 0 Å². The van der Waals surface area contributed by atoms with Crippen LogP contribution in [0.25, 0.3) is 0 Å². The molecule has 0 N–H and O–H groups in total. The zero-order chi connectivity index (χ0) is 14.3. The van der Waals surface area contributed by atoms with E-state index in [9.17, 15) is 0 Å². The van der Waals surface area contributed by atoms with Gasteiger partial charge in [-0.05, 0) is 77.5 Å². The molecule has 2 saturated heterocycles. The molecule has 2 nitrogen and oxygen atoms in total. The molecule has 2 aliphatic heterocycles. The van der Waals surface area contributed by atoms with Crippen LogP contribution < -0.4 is 0 Å². The summed E-state index contributed by atoms with van der Waals surface area (Å²) in [5, 5.41) is 0. The highest BCUT2D eigenvalue weighted by Gasteiger charge is 2.24. The van der Waals surface area contributed by atoms with Gasteiger partial charge >= 0.3 is 0 Å². The molecule has 0 aromatic heterocycles. The van der Waals surface area contributed by atoms with Crippen LogP contribution in [0.5, 0.6) is 0 Å². The second-order valence-electron chi connectivity index (χ2n) is 6.56. The predicted octanol–water partition coefficient (Wildman–Crippen LogP) is 3.86. The Hall–Kier alpha value is -0.0800. The zero-order valence-electron chi connectivity index (χ0n) is 14.0. The molecule has 2 heteroatoms. The second-order valence-corrected chi connectivity index (χ2v) is 6.56. The van der Waals surface area contributed by atoms with Crippen LogP contribution in [0.3, 0.4) is 0 Å². The molecule has 2 rings (SSSR count). The summed E-state index contributed by atoms with van der Waals surface area (Å²) in [5.74, 6) is 1.94. The third kappa shape index (κ3) is 5.83. The van der Waals surface area contributed by atoms with Crippen molar-refractivity contribution >= 4 is 0 Å². The fourth-order valence-corrected chi connectivity index (χ4v) is 3.26. The summed E-state index contributed by atoms with van der Waals surface area (Å²) >= 11 is 0. The van der Waals surface area contributed by atoms with Crippen molar-refractivity contribution in [3.8, 4) is 0 Å². The van der Waals surface area contributed by atoms with Crippen molar-refractivity contribution < 1.29 is 0 Å². The molecule has 2 aliphatic rings. The highest BCUT2D eigenvalue weighted by molar-refractivity contribution is 4.78. The third-order valence-electron chi connectivity index (χ3n) is 4.77. The summed E-state index contributed by atoms with van der Waals surface area (Å²) in [6, 6.07) is 0.742. The third-order valence-corrected chi connectivity index (χ3v) is 4.77. The largest absolute Gasteiger partial charge is 0.303 e. The maximum absolute atomic E-state index is 2.72. The Bertz CT molecular complexity index is 211. The number of hydrogen-bond donors (Lipinski definition) is 0. The number of hydrogen-bond acceptors (Lipinski definition) is 2. The molecule has 0 spiro atoms. The Morgan fingerprint density at radius 3 is 1.89 bits per heavy atom. The topological polar surface area (TPSA) is 6.48 Å². The first-order valence-electron chi connectivity index (χ1n) is 8.61. The van der Waals surface area contributed by atoms with Crippen molar-refractivity contribution in [2.24, 2.45) is 11.8 Å². The first kappa shape index (κ1) is 17.0. The first-order chi connectivity index (χ1) is 9.15. The molecule has 2 fully saturated rings. The van der Waals surface area contributed by atoms with Gasteiger partial charge < -0.3 is 9.80 Å². The lowest BCUT2D eigenvalue weighted by atomic mass is 9.93. The van der Waals surface area contributed by atoms with E-state index >= 15 is 0 Å². The van der Waals surface area contributed by atoms with E-state index in [0.29, 0.717) is 0 Å². The van der Waals surface area contributed by atoms with E-state index in [0.717, 1.165) is 17.9 Å². The molecule has 0 radical (unpaired) electrons. The monoisotopic (exact) mass is 268 g/mol. The number of piperidine rings is 2. The van der Waals surface area contributed by atoms with E-state index in [2.05, 4.69) is 30.6 Å². The van der Waals surface area contributed by atoms with Crippen molar-refractivity contribution in [3.63, 3.8) is 0 Å². The normalized spacial score (nSPS) is 24.3. The Morgan fingerprint density at radius 1 is 0.895 bits per heavy atom. The van der Waals surface area contributed by atoms with Crippen LogP contribution >= 0.6 is 0 Å². The molecule has 19 heavy (non-hydrogen) atoms. The summed E-state index contributed by atoms with van der Waals surface area (Å²) in [7, 11) is 0. The van der Waals surface area contributed by atoms with Gasteiger partial charge in [-0.3, -0.25) is 0 Å². The quantitative estimate of drug-likeness (QED) is 0.767. The highest BCUT2D eigenvalue weighted by atomic mass is 15.2. The van der Waals surface area contributed by atoms with Gasteiger partial charge in [0, 0.05) is 12.6 Å². The van der Waals surface area contributed by atoms with Crippen molar-refractivity contribution in [1.82, 2.24) is 9.80 Å². The fourth-order valence-electron chi connectivity index (χ4n) is 3.26. The molecular weight excluding hydrogens is 232 g/mol. The van der Waals surface area contributed by atoms with E-state index in [-0.39, 0.29) is 0 Å². The fraction of sp³-hybridized carbons (Fsp3) is 1.00. The van der Waals surface area contributed by atoms with E-state index in [1.54, 1.807) is 0 Å². The average Bonchev–Trinajstić information content (AvgIpc) is 2.44. The highest BCUT2D eigenvalue weighted by Crippen LogP contribution is 2.23. The molecule has 0 bridgehead atoms. The van der Waals surface area contributed by atoms with Crippen LogP contribution in [0.2, 0.25) is 0 Å². The molecule has 114 valence electrons. The number of rotatable bonds is 3. The van der Waals surface area contributed by atoms with Crippen molar-refractivity contribution in [1.29, 1.82) is 0 Å². The molecule has 0 saturated carbocycles. The van der Waals surface area contributed by atoms with Crippen LogP contribution in [0.1, 0.15) is 60.3 Å². The molecular formula is C17H36N2. The minimum absolute atomic E-state index is 0.742. The smallest absolute Gasteiger partial charge is 0.00385 e. The molecule has 0 aliphatic carbocycles. The van der Waals surface area contributed by atoms with Gasteiger partial charge in [-0.1, -0.05) is 20.8 Å². The molecule has 0 aromatic rings. The van der Waals surface area contributed by atoms with Crippen molar-refractivity contribution in [2.75, 3.05) is 32.7 Å². The van der Waals surface area contributed by atoms with E-state index in [4.69, 9.17) is 0 Å². The average molecular weight is 268 g/mol. The lowest BCUT2D eigenvalue weighted by Gasteiger charge is -2.38. The van der Waals surface area contributed by atoms with Crippen molar-refractivity contribution in [2.45, 2.75) is 66.3 Å². The lowest BCUT2D eigenvalue weighted by Crippen LogP contribution is -2.43. The Kier molecular flexibility index (Phi) is 8.01. The number of nitrogens with zero attached hydrogens (tertiary/aromatic N) is 2. The van der Waals surface area contributed by atoms with Gasteiger partial charge in [0.1, 0.15) is 0 Å². The summed E-state index contributed by atoms with van der Waals surface area (Å²) < 4.78 is 0. The van der Waals surface area contributed by atoms with Gasteiger partial charge in [-0.25, -0.2) is 0 Å². The van der Waals surface area contributed by atoms with E-state index in [1.165, 1.54) is 58.4 Å². The van der Waals surface area contributed by atoms with Crippen LogP contribution in [-0.2, 0) is 0 Å². The molecule has 0 amide bonds. The van der Waals surface area contributed by atoms with Gasteiger partial charge in [0.25, 0.3) is 0 Å². The molecule has 0 atom stereocenters. The summed E-state index contributed by atoms with van der Waals surface area (Å²) in [6.45, 7) is 17.8. The lowest BCUT2D eigenvalue weighted by molar-refractivity contribution is 0.106. The van der Waals surface area contributed by atoms with Gasteiger partial charge in [-0.15, -0.1) is 0 Å². The first-order valence-corrected chi connectivity index (χ1v) is 8.61. The molecule has 0 aromatic carbocycles. The van der Waals surface area contributed by atoms with Gasteiger partial charge in [-0.2, -0.15) is 0 Å². The standard InChI is InChI=1S/C15H30N2.C2H6/c1-13(2)17-10-6-15(7-11-17)12-16-8-4-14(3)5-9-16;1-2/h13-15H,4-12H2,1-3H3;1-2H3. The van der Waals surface area contributed by atoms with Gasteiger partial charge in [0.15, 0.2) is 0 Å². The molecule has 0 unspecified atom stereocenters. The number of likely N-dealkylation sites (tertiary alicyclic amines) is 2.